The van der Waals surface area contributed by atoms with Gasteiger partial charge in [0.05, 0.1) is 22.1 Å². The fourth-order valence-corrected chi connectivity index (χ4v) is 9.73. The van der Waals surface area contributed by atoms with Crippen molar-refractivity contribution >= 4 is 62.0 Å². The van der Waals surface area contributed by atoms with Crippen LogP contribution in [-0.2, 0) is 29.0 Å². The van der Waals surface area contributed by atoms with Gasteiger partial charge in [0.15, 0.2) is 13.9 Å². The van der Waals surface area contributed by atoms with Crippen molar-refractivity contribution < 1.29 is 32.4 Å². The van der Waals surface area contributed by atoms with Crippen molar-refractivity contribution in [3.63, 3.8) is 0 Å². The third-order valence-electron chi connectivity index (χ3n) is 12.1. The number of alkyl halides is 1. The van der Waals surface area contributed by atoms with Crippen LogP contribution in [0.5, 0.6) is 0 Å². The second kappa shape index (κ2) is 19.6. The number of hydrogen-bond donors (Lipinski definition) is 4. The largest absolute Gasteiger partial charge is 0.347 e. The Morgan fingerprint density at radius 2 is 1.48 bits per heavy atom. The molecule has 3 aliphatic rings. The number of ketones is 1. The minimum absolute atomic E-state index is 0.0344. The quantitative estimate of drug-likeness (QED) is 0.0488. The third kappa shape index (κ3) is 12.3. The molecule has 4 N–H and O–H groups in total. The summed E-state index contributed by atoms with van der Waals surface area (Å²) < 4.78 is 24.9. The molecule has 0 bridgehead atoms. The van der Waals surface area contributed by atoms with Crippen molar-refractivity contribution in [1.29, 1.82) is 0 Å². The molecule has 12 nitrogen and oxygen atoms in total. The Kier molecular flexibility index (Phi) is 16.7. The number of sulfone groups is 1. The molecule has 0 saturated heterocycles. The van der Waals surface area contributed by atoms with E-state index < -0.39 is 71.2 Å². The van der Waals surface area contributed by atoms with Gasteiger partial charge in [0.25, 0.3) is 11.8 Å². The lowest BCUT2D eigenvalue weighted by Gasteiger charge is -2.44. The monoisotopic (exact) mass is 887 g/mol. The summed E-state index contributed by atoms with van der Waals surface area (Å²) in [6.45, 7) is 13.3. The van der Waals surface area contributed by atoms with Crippen LogP contribution in [-0.4, -0.2) is 87.6 Å². The summed E-state index contributed by atoms with van der Waals surface area (Å²) in [7, 11) is -3.59. The maximum Gasteiger partial charge on any atom is 0.315 e. The zero-order valence-electron chi connectivity index (χ0n) is 33.7. The van der Waals surface area contributed by atoms with Gasteiger partial charge in [-0.15, -0.1) is 12.3 Å². The summed E-state index contributed by atoms with van der Waals surface area (Å²) in [5.41, 5.74) is -1.61. The molecule has 3 saturated carbocycles. The number of halogens is 1. The van der Waals surface area contributed by atoms with Gasteiger partial charge in [0.2, 0.25) is 11.7 Å². The Labute approximate surface area is 338 Å². The molecule has 0 aromatic rings. The molecule has 0 aromatic carbocycles. The van der Waals surface area contributed by atoms with E-state index in [1.54, 1.807) is 20.8 Å². The fourth-order valence-electron chi connectivity index (χ4n) is 7.53. The zero-order valence-corrected chi connectivity index (χ0v) is 36.6. The molecule has 0 spiro atoms. The van der Waals surface area contributed by atoms with Crippen LogP contribution in [0, 0.1) is 29.6 Å². The van der Waals surface area contributed by atoms with Crippen molar-refractivity contribution in [2.45, 2.75) is 177 Å². The van der Waals surface area contributed by atoms with E-state index in [0.717, 1.165) is 57.8 Å². The molecule has 5 amide bonds. The molecule has 306 valence electrons. The number of rotatable bonds is 17. The van der Waals surface area contributed by atoms with Gasteiger partial charge in [-0.05, 0) is 112 Å². The molecule has 4 atom stereocenters. The van der Waals surface area contributed by atoms with Crippen LogP contribution in [0.1, 0.15) is 145 Å². The van der Waals surface area contributed by atoms with E-state index >= 15 is 4.79 Å². The fraction of sp³-hybridized carbons (Fsp3) is 0.825. The lowest BCUT2D eigenvalue weighted by Crippen LogP contribution is -2.65. The standard InChI is InChI=1S/C40H66IN5O7S/c1-9-10-20-30(31(47)34(48)42-29-18-17-19-29)43-35(49)33(41)46(25-28(4)27(2)3)36(50)32(39(8)21-13-11-14-22-39)44-37(51)45-40(23-15-12-16-24-40)26-54(52,53)38(5,6)7/h1,27-30,32-33H,10-26H2,2-8H3,(H,42,48)(H,43,49)(H2,44,45,51)/t28-,30?,32-,33-/m1/s1. The van der Waals surface area contributed by atoms with Gasteiger partial charge in [0, 0.05) is 19.0 Å². The summed E-state index contributed by atoms with van der Waals surface area (Å²) >= 11 is 1.91. The van der Waals surface area contributed by atoms with E-state index in [4.69, 9.17) is 6.42 Å². The summed E-state index contributed by atoms with van der Waals surface area (Å²) in [6, 6.07) is -2.85. The van der Waals surface area contributed by atoms with Crippen LogP contribution in [0.25, 0.3) is 0 Å². The van der Waals surface area contributed by atoms with E-state index in [1.165, 1.54) is 4.90 Å². The van der Waals surface area contributed by atoms with Crippen molar-refractivity contribution in [2.75, 3.05) is 12.3 Å². The zero-order chi connectivity index (χ0) is 40.5. The number of carbonyl (C=O) groups is 5. The van der Waals surface area contributed by atoms with Crippen molar-refractivity contribution in [3.05, 3.63) is 0 Å². The summed E-state index contributed by atoms with van der Waals surface area (Å²) in [4.78, 5) is 70.8. The number of hydrogen-bond acceptors (Lipinski definition) is 7. The predicted molar refractivity (Wildman–Crippen MR) is 220 cm³/mol. The molecule has 0 heterocycles. The number of Topliss-reactive ketones (excluding diaryl/α,β-unsaturated/α-hetero) is 1. The number of nitrogens with zero attached hydrogens (tertiary/aromatic N) is 1. The molecule has 3 rings (SSSR count). The van der Waals surface area contributed by atoms with Crippen LogP contribution in [0.2, 0.25) is 0 Å². The minimum Gasteiger partial charge on any atom is -0.347 e. The number of amides is 5. The second-order valence-corrected chi connectivity index (χ2v) is 21.7. The molecule has 0 aromatic heterocycles. The smallest absolute Gasteiger partial charge is 0.315 e. The SMILES string of the molecule is C#CCCC(NC(=O)[C@H](I)N(C[C@@H](C)C(C)C)C(=O)[C@@H](NC(=O)NC1(CS(=O)(=O)C(C)(C)C)CCCCC1)C1(C)CCCCC1)C(=O)C(=O)NC1CCC1. The van der Waals surface area contributed by atoms with Gasteiger partial charge >= 0.3 is 6.03 Å². The van der Waals surface area contributed by atoms with Crippen molar-refractivity contribution in [3.8, 4) is 12.3 Å². The lowest BCUT2D eigenvalue weighted by molar-refractivity contribution is -0.144. The van der Waals surface area contributed by atoms with Gasteiger partial charge in [-0.1, -0.05) is 66.2 Å². The van der Waals surface area contributed by atoms with Gasteiger partial charge in [-0.3, -0.25) is 19.2 Å². The average Bonchev–Trinajstić information content (AvgIpc) is 3.08. The number of urea groups is 1. The molecular formula is C40H66IN5O7S. The second-order valence-electron chi connectivity index (χ2n) is 17.8. The summed E-state index contributed by atoms with van der Waals surface area (Å²) in [6.07, 6.45) is 15.9. The topological polar surface area (TPSA) is 171 Å². The van der Waals surface area contributed by atoms with E-state index in [1.807, 2.05) is 50.3 Å². The normalized spacial score (nSPS) is 20.9. The highest BCUT2D eigenvalue weighted by atomic mass is 127. The Morgan fingerprint density at radius 1 is 0.907 bits per heavy atom. The van der Waals surface area contributed by atoms with Crippen LogP contribution in [0.15, 0.2) is 0 Å². The Balaban J connectivity index is 1.95. The Morgan fingerprint density at radius 3 is 1.98 bits per heavy atom. The number of terminal acetylenes is 1. The molecule has 0 aliphatic heterocycles. The van der Waals surface area contributed by atoms with Crippen LogP contribution < -0.4 is 21.3 Å². The van der Waals surface area contributed by atoms with Crippen LogP contribution in [0.3, 0.4) is 0 Å². The van der Waals surface area contributed by atoms with E-state index in [9.17, 15) is 27.6 Å². The maximum absolute atomic E-state index is 15.0. The maximum atomic E-state index is 15.0. The summed E-state index contributed by atoms with van der Waals surface area (Å²) in [5.74, 6) is -0.175. The highest BCUT2D eigenvalue weighted by molar-refractivity contribution is 14.1. The molecular weight excluding hydrogens is 821 g/mol. The highest BCUT2D eigenvalue weighted by Gasteiger charge is 2.47. The first kappa shape index (κ1) is 46.0. The molecule has 3 fully saturated rings. The molecule has 1 unspecified atom stereocenters. The van der Waals surface area contributed by atoms with Gasteiger partial charge in [0.1, 0.15) is 6.04 Å². The van der Waals surface area contributed by atoms with Crippen LogP contribution >= 0.6 is 22.6 Å². The summed E-state index contributed by atoms with van der Waals surface area (Å²) in [5, 5.41) is 11.6. The van der Waals surface area contributed by atoms with E-state index in [0.29, 0.717) is 25.7 Å². The number of carbonyl (C=O) groups excluding carboxylic acids is 5. The van der Waals surface area contributed by atoms with Crippen molar-refractivity contribution in [1.82, 2.24) is 26.2 Å². The molecule has 14 heteroatoms. The highest BCUT2D eigenvalue weighted by Crippen LogP contribution is 2.40. The lowest BCUT2D eigenvalue weighted by atomic mass is 9.70. The van der Waals surface area contributed by atoms with Gasteiger partial charge in [-0.25, -0.2) is 13.2 Å². The van der Waals surface area contributed by atoms with Gasteiger partial charge < -0.3 is 26.2 Å². The van der Waals surface area contributed by atoms with E-state index in [2.05, 4.69) is 27.2 Å². The first-order valence-corrected chi connectivity index (χ1v) is 22.9. The molecule has 3 aliphatic carbocycles. The van der Waals surface area contributed by atoms with Gasteiger partial charge in [-0.2, -0.15) is 0 Å². The van der Waals surface area contributed by atoms with Crippen LogP contribution in [0.4, 0.5) is 4.79 Å². The number of nitrogens with one attached hydrogen (secondary N) is 4. The molecule has 54 heavy (non-hydrogen) atoms. The first-order valence-electron chi connectivity index (χ1n) is 20.0. The third-order valence-corrected chi connectivity index (χ3v) is 16.1. The Bertz CT molecular complexity index is 1490. The predicted octanol–water partition coefficient (Wildman–Crippen LogP) is 5.56. The Hall–Kier alpha value is -2.41. The van der Waals surface area contributed by atoms with E-state index in [-0.39, 0.29) is 43.0 Å². The average molecular weight is 888 g/mol. The van der Waals surface area contributed by atoms with Crippen molar-refractivity contribution in [2.24, 2.45) is 17.3 Å². The first-order chi connectivity index (χ1) is 25.1. The minimum atomic E-state index is -3.59. The molecule has 0 radical (unpaired) electrons.